The summed E-state index contributed by atoms with van der Waals surface area (Å²) >= 11 is 11.6. The molecule has 0 saturated heterocycles. The molecule has 6 heteroatoms. The minimum atomic E-state index is -0.318. The van der Waals surface area contributed by atoms with Gasteiger partial charge in [0.25, 0.3) is 0 Å². The fourth-order valence-electron chi connectivity index (χ4n) is 2.78. The number of nitrogens with zero attached hydrogens (tertiary/aromatic N) is 1. The number of halogens is 2. The molecule has 0 fully saturated rings. The maximum atomic E-state index is 14.2. The highest BCUT2D eigenvalue weighted by molar-refractivity contribution is 7.80. The summed E-state index contributed by atoms with van der Waals surface area (Å²) in [6.45, 7) is 4.51. The molecule has 134 valence electrons. The Morgan fingerprint density at radius 3 is 2.40 bits per heavy atom. The lowest BCUT2D eigenvalue weighted by Gasteiger charge is -2.27. The van der Waals surface area contributed by atoms with E-state index in [9.17, 15) is 4.39 Å². The molecule has 25 heavy (non-hydrogen) atoms. The summed E-state index contributed by atoms with van der Waals surface area (Å²) in [5.41, 5.74) is 3.72. The van der Waals surface area contributed by atoms with E-state index in [0.717, 1.165) is 16.8 Å². The first-order valence-electron chi connectivity index (χ1n) is 8.01. The van der Waals surface area contributed by atoms with Crippen LogP contribution in [0.15, 0.2) is 36.4 Å². The van der Waals surface area contributed by atoms with E-state index in [0.29, 0.717) is 22.2 Å². The number of rotatable bonds is 5. The third kappa shape index (κ3) is 5.39. The van der Waals surface area contributed by atoms with Gasteiger partial charge in [0, 0.05) is 22.8 Å². The fraction of sp³-hybridized carbons (Fsp3) is 0.316. The van der Waals surface area contributed by atoms with Crippen molar-refractivity contribution in [2.24, 2.45) is 0 Å². The lowest BCUT2D eigenvalue weighted by atomic mass is 10.1. The Morgan fingerprint density at radius 1 is 1.20 bits per heavy atom. The molecular weight excluding hydrogens is 357 g/mol. The van der Waals surface area contributed by atoms with Crippen molar-refractivity contribution in [3.05, 3.63) is 63.9 Å². The highest BCUT2D eigenvalue weighted by Gasteiger charge is 2.21. The van der Waals surface area contributed by atoms with E-state index >= 15 is 0 Å². The molecule has 0 bridgehead atoms. The molecule has 0 aliphatic heterocycles. The molecule has 0 radical (unpaired) electrons. The molecule has 0 saturated carbocycles. The molecule has 2 aromatic rings. The Morgan fingerprint density at radius 2 is 1.84 bits per heavy atom. The normalized spacial score (nSPS) is 12.1. The lowest BCUT2D eigenvalue weighted by molar-refractivity contribution is 0.292. The summed E-state index contributed by atoms with van der Waals surface area (Å²) < 4.78 is 14.2. The Hall–Kier alpha value is -1.69. The minimum Gasteiger partial charge on any atom is -0.361 e. The monoisotopic (exact) mass is 379 g/mol. The summed E-state index contributed by atoms with van der Waals surface area (Å²) in [5.74, 6) is -0.318. The number of aryl methyl sites for hydroxylation is 2. The molecule has 1 atom stereocenters. The maximum Gasteiger partial charge on any atom is 0.170 e. The molecule has 2 aromatic carbocycles. The van der Waals surface area contributed by atoms with E-state index in [4.69, 9.17) is 23.8 Å². The van der Waals surface area contributed by atoms with Crippen molar-refractivity contribution in [3.63, 3.8) is 0 Å². The van der Waals surface area contributed by atoms with Gasteiger partial charge in [-0.05, 0) is 75.6 Å². The van der Waals surface area contributed by atoms with Gasteiger partial charge in [-0.3, -0.25) is 0 Å². The number of nitrogens with one attached hydrogen (secondary N) is 2. The zero-order chi connectivity index (χ0) is 18.6. The van der Waals surface area contributed by atoms with Gasteiger partial charge in [0.05, 0.1) is 6.04 Å². The maximum absolute atomic E-state index is 14.2. The predicted molar refractivity (Wildman–Crippen MR) is 108 cm³/mol. The second-order valence-electron chi connectivity index (χ2n) is 6.33. The SMILES string of the molecule is Cc1cc(C)cc(NC(=S)NC[C@@H](c2c(F)cccc2Cl)N(C)C)c1. The molecule has 3 nitrogen and oxygen atoms in total. The van der Waals surface area contributed by atoms with Gasteiger partial charge in [0.15, 0.2) is 5.11 Å². The molecule has 2 rings (SSSR count). The first-order chi connectivity index (χ1) is 11.8. The van der Waals surface area contributed by atoms with Gasteiger partial charge in [-0.2, -0.15) is 0 Å². The molecule has 0 unspecified atom stereocenters. The lowest BCUT2D eigenvalue weighted by Crippen LogP contribution is -2.37. The largest absolute Gasteiger partial charge is 0.361 e. The van der Waals surface area contributed by atoms with Crippen LogP contribution in [0.5, 0.6) is 0 Å². The van der Waals surface area contributed by atoms with Crippen molar-refractivity contribution in [1.82, 2.24) is 10.2 Å². The van der Waals surface area contributed by atoms with Gasteiger partial charge >= 0.3 is 0 Å². The molecule has 2 N–H and O–H groups in total. The van der Waals surface area contributed by atoms with Gasteiger partial charge in [-0.25, -0.2) is 4.39 Å². The van der Waals surface area contributed by atoms with Crippen LogP contribution in [0.25, 0.3) is 0 Å². The van der Waals surface area contributed by atoms with Crippen LogP contribution in [0.3, 0.4) is 0 Å². The van der Waals surface area contributed by atoms with Crippen molar-refractivity contribution in [2.45, 2.75) is 19.9 Å². The standard InChI is InChI=1S/C19H23ClFN3S/c1-12-8-13(2)10-14(9-12)23-19(25)22-11-17(24(3)4)18-15(20)6-5-7-16(18)21/h5-10,17H,11H2,1-4H3,(H2,22,23,25)/t17-/m0/s1. The second-order valence-corrected chi connectivity index (χ2v) is 7.14. The third-order valence-electron chi connectivity index (χ3n) is 3.89. The van der Waals surface area contributed by atoms with Crippen molar-refractivity contribution in [2.75, 3.05) is 26.0 Å². The van der Waals surface area contributed by atoms with E-state index in [1.807, 2.05) is 45.0 Å². The van der Waals surface area contributed by atoms with Crippen LogP contribution in [-0.2, 0) is 0 Å². The Bertz CT molecular complexity index is 724. The van der Waals surface area contributed by atoms with E-state index < -0.39 is 0 Å². The fourth-order valence-corrected chi connectivity index (χ4v) is 3.27. The Labute approximate surface area is 159 Å². The quantitative estimate of drug-likeness (QED) is 0.737. The Kier molecular flexibility index (Phi) is 6.76. The summed E-state index contributed by atoms with van der Waals surface area (Å²) in [7, 11) is 3.77. The second kappa shape index (κ2) is 8.61. The van der Waals surface area contributed by atoms with Crippen molar-refractivity contribution >= 4 is 34.6 Å². The van der Waals surface area contributed by atoms with Gasteiger partial charge in [-0.1, -0.05) is 23.7 Å². The zero-order valence-electron chi connectivity index (χ0n) is 14.9. The molecule has 0 aromatic heterocycles. The van der Waals surface area contributed by atoms with Crippen LogP contribution in [0.4, 0.5) is 10.1 Å². The van der Waals surface area contributed by atoms with Crippen LogP contribution < -0.4 is 10.6 Å². The topological polar surface area (TPSA) is 27.3 Å². The van der Waals surface area contributed by atoms with Crippen LogP contribution in [-0.4, -0.2) is 30.7 Å². The van der Waals surface area contributed by atoms with Crippen LogP contribution in [0.2, 0.25) is 5.02 Å². The molecule has 0 heterocycles. The zero-order valence-corrected chi connectivity index (χ0v) is 16.4. The van der Waals surface area contributed by atoms with E-state index in [1.54, 1.807) is 12.1 Å². The van der Waals surface area contributed by atoms with E-state index in [1.165, 1.54) is 6.07 Å². The number of hydrogen-bond donors (Lipinski definition) is 2. The summed E-state index contributed by atoms with van der Waals surface area (Å²) in [5, 5.41) is 7.23. The van der Waals surface area contributed by atoms with Gasteiger partial charge < -0.3 is 15.5 Å². The van der Waals surface area contributed by atoms with Crippen molar-refractivity contribution in [1.29, 1.82) is 0 Å². The van der Waals surface area contributed by atoms with Crippen LogP contribution in [0.1, 0.15) is 22.7 Å². The third-order valence-corrected chi connectivity index (χ3v) is 4.47. The number of hydrogen-bond acceptors (Lipinski definition) is 2. The molecule has 0 aliphatic rings. The van der Waals surface area contributed by atoms with Crippen molar-refractivity contribution < 1.29 is 4.39 Å². The molecular formula is C19H23ClFN3S. The summed E-state index contributed by atoms with van der Waals surface area (Å²) in [6, 6.07) is 10.6. The average molecular weight is 380 g/mol. The van der Waals surface area contributed by atoms with Gasteiger partial charge in [0.2, 0.25) is 0 Å². The number of benzene rings is 2. The minimum absolute atomic E-state index is 0.243. The molecule has 0 aliphatic carbocycles. The highest BCUT2D eigenvalue weighted by Crippen LogP contribution is 2.28. The summed E-state index contributed by atoms with van der Waals surface area (Å²) in [4.78, 5) is 1.91. The van der Waals surface area contributed by atoms with Crippen LogP contribution in [0, 0.1) is 19.7 Å². The van der Waals surface area contributed by atoms with E-state index in [2.05, 4.69) is 16.7 Å². The first-order valence-corrected chi connectivity index (χ1v) is 8.80. The average Bonchev–Trinajstić information content (AvgIpc) is 2.48. The number of anilines is 1. The summed E-state index contributed by atoms with van der Waals surface area (Å²) in [6.07, 6.45) is 0. The molecule has 0 spiro atoms. The van der Waals surface area contributed by atoms with Crippen molar-refractivity contribution in [3.8, 4) is 0 Å². The van der Waals surface area contributed by atoms with Gasteiger partial charge in [0.1, 0.15) is 5.82 Å². The highest BCUT2D eigenvalue weighted by atomic mass is 35.5. The predicted octanol–water partition coefficient (Wildman–Crippen LogP) is 4.69. The number of thiocarbonyl (C=S) groups is 1. The van der Waals surface area contributed by atoms with Gasteiger partial charge in [-0.15, -0.1) is 0 Å². The molecule has 0 amide bonds. The Balaban J connectivity index is 2.07. The smallest absolute Gasteiger partial charge is 0.170 e. The first kappa shape index (κ1) is 19.6. The van der Waals surface area contributed by atoms with E-state index in [-0.39, 0.29) is 11.9 Å². The van der Waals surface area contributed by atoms with Crippen LogP contribution >= 0.6 is 23.8 Å². The number of likely N-dealkylation sites (N-methyl/N-ethyl adjacent to an activating group) is 1.